The van der Waals surface area contributed by atoms with E-state index in [1.165, 1.54) is 5.56 Å². The van der Waals surface area contributed by atoms with Gasteiger partial charge >= 0.3 is 0 Å². The Bertz CT molecular complexity index is 884. The lowest BCUT2D eigenvalue weighted by atomic mass is 10.1. The van der Waals surface area contributed by atoms with Crippen molar-refractivity contribution < 1.29 is 18.3 Å². The topological polar surface area (TPSA) is 66.8 Å². The van der Waals surface area contributed by atoms with Gasteiger partial charge in [0.15, 0.2) is 9.84 Å². The van der Waals surface area contributed by atoms with Crippen LogP contribution in [0.2, 0.25) is 5.02 Å². The van der Waals surface area contributed by atoms with Gasteiger partial charge in [-0.05, 0) is 48.2 Å². The quantitative estimate of drug-likeness (QED) is 0.651. The van der Waals surface area contributed by atoms with Crippen molar-refractivity contribution >= 4 is 21.4 Å². The fourth-order valence-electron chi connectivity index (χ4n) is 3.57. The molecule has 1 N–H and O–H groups in total. The third kappa shape index (κ3) is 6.71. The molecule has 0 amide bonds. The van der Waals surface area contributed by atoms with Gasteiger partial charge < -0.3 is 9.84 Å². The third-order valence-electron chi connectivity index (χ3n) is 5.24. The van der Waals surface area contributed by atoms with Crippen LogP contribution in [0.4, 0.5) is 0 Å². The van der Waals surface area contributed by atoms with E-state index in [0.29, 0.717) is 30.3 Å². The van der Waals surface area contributed by atoms with Crippen molar-refractivity contribution in [3.8, 4) is 5.75 Å². The number of aryl methyl sites for hydroxylation is 1. The second kappa shape index (κ2) is 9.94. The van der Waals surface area contributed by atoms with Crippen molar-refractivity contribution in [2.24, 2.45) is 0 Å². The predicted molar refractivity (Wildman–Crippen MR) is 116 cm³/mol. The molecule has 0 spiro atoms. The highest BCUT2D eigenvalue weighted by molar-refractivity contribution is 7.91. The third-order valence-corrected chi connectivity index (χ3v) is 7.25. The number of ether oxygens (including phenoxy) is 1. The summed E-state index contributed by atoms with van der Waals surface area (Å²) < 4.78 is 29.6. The number of hydrogen-bond acceptors (Lipinski definition) is 5. The molecule has 1 saturated heterocycles. The Hall–Kier alpha value is -1.60. The lowest BCUT2D eigenvalue weighted by Gasteiger charge is -2.30. The van der Waals surface area contributed by atoms with E-state index in [-0.39, 0.29) is 24.2 Å². The Kier molecular flexibility index (Phi) is 7.57. The van der Waals surface area contributed by atoms with Crippen molar-refractivity contribution in [3.05, 3.63) is 64.7 Å². The maximum absolute atomic E-state index is 12.0. The standard InChI is InChI=1S/C22H28ClNO4S/c1-2-17-3-5-18(6-4-17)13-24(20-11-12-29(26,27)16-20)14-21(25)15-28-22-9-7-19(23)8-10-22/h3-10,20-21,25H,2,11-16H2,1H3. The fourth-order valence-corrected chi connectivity index (χ4v) is 5.46. The van der Waals surface area contributed by atoms with Crippen LogP contribution < -0.4 is 4.74 Å². The summed E-state index contributed by atoms with van der Waals surface area (Å²) in [5.41, 5.74) is 2.37. The lowest BCUT2D eigenvalue weighted by Crippen LogP contribution is -2.42. The molecule has 1 aliphatic heterocycles. The molecule has 2 aromatic rings. The van der Waals surface area contributed by atoms with Gasteiger partial charge in [-0.3, -0.25) is 4.90 Å². The molecule has 2 unspecified atom stereocenters. The normalized spacial score (nSPS) is 19.4. The van der Waals surface area contributed by atoms with Crippen molar-refractivity contribution in [2.45, 2.75) is 38.5 Å². The molecule has 158 valence electrons. The van der Waals surface area contributed by atoms with Gasteiger partial charge in [0.2, 0.25) is 0 Å². The molecule has 1 heterocycles. The van der Waals surface area contributed by atoms with E-state index < -0.39 is 15.9 Å². The van der Waals surface area contributed by atoms with E-state index in [1.54, 1.807) is 24.3 Å². The zero-order valence-corrected chi connectivity index (χ0v) is 18.2. The Morgan fingerprint density at radius 2 is 1.79 bits per heavy atom. The minimum absolute atomic E-state index is 0.0870. The van der Waals surface area contributed by atoms with E-state index in [4.69, 9.17) is 16.3 Å². The van der Waals surface area contributed by atoms with E-state index in [2.05, 4.69) is 36.1 Å². The maximum atomic E-state index is 12.0. The summed E-state index contributed by atoms with van der Waals surface area (Å²) >= 11 is 5.87. The first-order valence-electron chi connectivity index (χ1n) is 9.93. The van der Waals surface area contributed by atoms with E-state index in [9.17, 15) is 13.5 Å². The van der Waals surface area contributed by atoms with E-state index >= 15 is 0 Å². The Labute approximate surface area is 178 Å². The maximum Gasteiger partial charge on any atom is 0.151 e. The van der Waals surface area contributed by atoms with Crippen LogP contribution in [0.5, 0.6) is 5.75 Å². The van der Waals surface area contributed by atoms with E-state index in [1.807, 2.05) is 0 Å². The van der Waals surface area contributed by atoms with Crippen LogP contribution in [0.15, 0.2) is 48.5 Å². The summed E-state index contributed by atoms with van der Waals surface area (Å²) in [6.07, 6.45) is 0.843. The SMILES string of the molecule is CCc1ccc(CN(CC(O)COc2ccc(Cl)cc2)C2CCS(=O)(=O)C2)cc1. The number of aliphatic hydroxyl groups is 1. The second-order valence-corrected chi connectivity index (χ2v) is 10.2. The molecule has 2 atom stereocenters. The van der Waals surface area contributed by atoms with Crippen molar-refractivity contribution in [3.63, 3.8) is 0 Å². The number of hydrogen-bond donors (Lipinski definition) is 1. The first-order chi connectivity index (χ1) is 13.8. The highest BCUT2D eigenvalue weighted by atomic mass is 35.5. The van der Waals surface area contributed by atoms with Gasteiger partial charge in [-0.15, -0.1) is 0 Å². The first kappa shape index (κ1) is 22.1. The first-order valence-corrected chi connectivity index (χ1v) is 12.1. The molecule has 0 aliphatic carbocycles. The van der Waals surface area contributed by atoms with Crippen LogP contribution >= 0.6 is 11.6 Å². The smallest absolute Gasteiger partial charge is 0.151 e. The molecule has 1 fully saturated rings. The lowest BCUT2D eigenvalue weighted by molar-refractivity contribution is 0.0525. The van der Waals surface area contributed by atoms with Gasteiger partial charge in [-0.2, -0.15) is 0 Å². The minimum atomic E-state index is -3.01. The molecular weight excluding hydrogens is 410 g/mol. The molecule has 0 bridgehead atoms. The monoisotopic (exact) mass is 437 g/mol. The van der Waals surface area contributed by atoms with Crippen molar-refractivity contribution in [1.29, 1.82) is 0 Å². The average Bonchev–Trinajstić information content (AvgIpc) is 3.07. The van der Waals surface area contributed by atoms with Gasteiger partial charge in [-0.25, -0.2) is 8.42 Å². The molecule has 29 heavy (non-hydrogen) atoms. The molecule has 5 nitrogen and oxygen atoms in total. The summed E-state index contributed by atoms with van der Waals surface area (Å²) in [6, 6.07) is 15.2. The number of aliphatic hydroxyl groups excluding tert-OH is 1. The number of sulfone groups is 1. The summed E-state index contributed by atoms with van der Waals surface area (Å²) in [5.74, 6) is 0.990. The summed E-state index contributed by atoms with van der Waals surface area (Å²) in [5, 5.41) is 11.2. The molecule has 7 heteroatoms. The van der Waals surface area contributed by atoms with E-state index in [0.717, 1.165) is 12.0 Å². The molecule has 0 aromatic heterocycles. The Morgan fingerprint density at radius 1 is 1.14 bits per heavy atom. The zero-order chi connectivity index (χ0) is 20.9. The van der Waals surface area contributed by atoms with Crippen LogP contribution in [0.25, 0.3) is 0 Å². The highest BCUT2D eigenvalue weighted by Crippen LogP contribution is 2.21. The summed E-state index contributed by atoms with van der Waals surface area (Å²) in [6.45, 7) is 3.19. The zero-order valence-electron chi connectivity index (χ0n) is 16.6. The minimum Gasteiger partial charge on any atom is -0.491 e. The van der Waals surface area contributed by atoms with Crippen LogP contribution in [0, 0.1) is 0 Å². The van der Waals surface area contributed by atoms with Crippen molar-refractivity contribution in [1.82, 2.24) is 4.90 Å². The van der Waals surface area contributed by atoms with Crippen LogP contribution in [0.3, 0.4) is 0 Å². The predicted octanol–water partition coefficient (Wildman–Crippen LogP) is 3.33. The van der Waals surface area contributed by atoms with Gasteiger partial charge in [0.05, 0.1) is 11.5 Å². The van der Waals surface area contributed by atoms with Crippen LogP contribution in [-0.4, -0.2) is 55.2 Å². The number of benzene rings is 2. The largest absolute Gasteiger partial charge is 0.491 e. The molecular formula is C22H28ClNO4S. The fraction of sp³-hybridized carbons (Fsp3) is 0.455. The summed E-state index contributed by atoms with van der Waals surface area (Å²) in [7, 11) is -3.01. The van der Waals surface area contributed by atoms with Gasteiger partial charge in [-0.1, -0.05) is 42.8 Å². The average molecular weight is 438 g/mol. The summed E-state index contributed by atoms with van der Waals surface area (Å²) in [4.78, 5) is 2.07. The molecule has 2 aromatic carbocycles. The molecule has 1 aliphatic rings. The Balaban J connectivity index is 1.64. The second-order valence-electron chi connectivity index (χ2n) is 7.58. The van der Waals surface area contributed by atoms with Gasteiger partial charge in [0, 0.05) is 24.2 Å². The number of nitrogens with zero attached hydrogens (tertiary/aromatic N) is 1. The number of rotatable bonds is 9. The van der Waals surface area contributed by atoms with Crippen LogP contribution in [0.1, 0.15) is 24.5 Å². The molecule has 3 rings (SSSR count). The molecule has 0 saturated carbocycles. The van der Waals surface area contributed by atoms with Crippen LogP contribution in [-0.2, 0) is 22.8 Å². The number of halogens is 1. The van der Waals surface area contributed by atoms with Crippen molar-refractivity contribution in [2.75, 3.05) is 24.7 Å². The Morgan fingerprint density at radius 3 is 2.38 bits per heavy atom. The molecule has 0 radical (unpaired) electrons. The van der Waals surface area contributed by atoms with Gasteiger partial charge in [0.1, 0.15) is 18.5 Å². The highest BCUT2D eigenvalue weighted by Gasteiger charge is 2.33. The van der Waals surface area contributed by atoms with Gasteiger partial charge in [0.25, 0.3) is 0 Å².